The van der Waals surface area contributed by atoms with Crippen LogP contribution in [0.5, 0.6) is 0 Å². The van der Waals surface area contributed by atoms with E-state index in [1.807, 2.05) is 71.3 Å². The fraction of sp³-hybridized carbons (Fsp3) is 0.500. The van der Waals surface area contributed by atoms with Crippen molar-refractivity contribution in [1.29, 1.82) is 0 Å². The van der Waals surface area contributed by atoms with Crippen LogP contribution in [0.4, 0.5) is 5.69 Å². The lowest BCUT2D eigenvalue weighted by Gasteiger charge is -2.23. The number of amides is 1. The topological polar surface area (TPSA) is 83.8 Å². The Bertz CT molecular complexity index is 718. The summed E-state index contributed by atoms with van der Waals surface area (Å²) in [5.74, 6) is 0.0471. The summed E-state index contributed by atoms with van der Waals surface area (Å²) in [5.41, 5.74) is 3.69. The molecule has 0 saturated heterocycles. The zero-order chi connectivity index (χ0) is 23.3. The average molecular weight is 419 g/mol. The lowest BCUT2D eigenvalue weighted by atomic mass is 10.1. The van der Waals surface area contributed by atoms with Crippen molar-refractivity contribution in [2.24, 2.45) is 9.98 Å². The van der Waals surface area contributed by atoms with E-state index in [-0.39, 0.29) is 18.7 Å². The monoisotopic (exact) mass is 418 g/mol. The number of fused-ring (bicyclic) bond motifs is 1. The van der Waals surface area contributed by atoms with Gasteiger partial charge in [0.05, 0.1) is 24.4 Å². The van der Waals surface area contributed by atoms with Crippen LogP contribution in [0, 0.1) is 6.92 Å². The molecular formula is C22H38N6O2. The molecule has 0 bridgehead atoms. The number of anilines is 1. The van der Waals surface area contributed by atoms with Gasteiger partial charge in [0.2, 0.25) is 0 Å². The quantitative estimate of drug-likeness (QED) is 0.708. The maximum absolute atomic E-state index is 12.6. The first kappa shape index (κ1) is 27.5. The van der Waals surface area contributed by atoms with Crippen LogP contribution in [-0.2, 0) is 0 Å². The van der Waals surface area contributed by atoms with Gasteiger partial charge in [-0.05, 0) is 59.2 Å². The van der Waals surface area contributed by atoms with Crippen molar-refractivity contribution in [1.82, 2.24) is 15.1 Å². The molecule has 0 aliphatic carbocycles. The molecule has 2 N–H and O–H groups in total. The molecule has 1 heterocycles. The summed E-state index contributed by atoms with van der Waals surface area (Å²) in [6, 6.07) is 5.92. The van der Waals surface area contributed by atoms with Gasteiger partial charge in [0, 0.05) is 33.4 Å². The van der Waals surface area contributed by atoms with E-state index in [1.54, 1.807) is 11.9 Å². The van der Waals surface area contributed by atoms with Crippen LogP contribution in [0.15, 0.2) is 40.0 Å². The second kappa shape index (κ2) is 14.4. The third kappa shape index (κ3) is 8.44. The number of aliphatic hydroxyl groups excluding tert-OH is 1. The van der Waals surface area contributed by atoms with Gasteiger partial charge in [0.15, 0.2) is 0 Å². The maximum Gasteiger partial charge on any atom is 0.256 e. The number of nitrogens with one attached hydrogen (secondary N) is 1. The Morgan fingerprint density at radius 1 is 1.33 bits per heavy atom. The Hall–Kier alpha value is -2.55. The van der Waals surface area contributed by atoms with Crippen LogP contribution in [0.2, 0.25) is 0 Å². The molecule has 1 aromatic carbocycles. The standard InChI is InChI=1S/C16H22N4O.C4H11NO.C2H5N/c1-11-7-6-8-13-15(11)16(21)19(4)10-12(20(13)5)9-14(17-2)18-3;1-5(2)3-4-6;1-3-2/h6-9,14,18H,2,10H2,1,3-5H3;6H,3-4H2,1-2H3;1H2,2H3/b12-9+;;. The second-order valence-corrected chi connectivity index (χ2v) is 7.11. The van der Waals surface area contributed by atoms with E-state index in [2.05, 4.69) is 33.6 Å². The SMILES string of the molecule is C=NC.C=NC(/C=C1\CN(C)C(=O)c2c(C)cccc2N1C)NC.CN(C)CCO. The number of nitrogens with zero attached hydrogens (tertiary/aromatic N) is 5. The summed E-state index contributed by atoms with van der Waals surface area (Å²) < 4.78 is 0. The van der Waals surface area contributed by atoms with Gasteiger partial charge < -0.3 is 24.8 Å². The maximum atomic E-state index is 12.6. The number of carbonyl (C=O) groups excluding carboxylic acids is 1. The molecule has 8 heteroatoms. The molecule has 2 rings (SSSR count). The fourth-order valence-corrected chi connectivity index (χ4v) is 2.75. The molecule has 1 atom stereocenters. The highest BCUT2D eigenvalue weighted by molar-refractivity contribution is 6.02. The van der Waals surface area contributed by atoms with E-state index < -0.39 is 0 Å². The Morgan fingerprint density at radius 3 is 2.37 bits per heavy atom. The molecule has 1 aliphatic heterocycles. The van der Waals surface area contributed by atoms with E-state index in [0.717, 1.165) is 29.1 Å². The Labute approximate surface area is 181 Å². The summed E-state index contributed by atoms with van der Waals surface area (Å²) in [7, 11) is 11.1. The van der Waals surface area contributed by atoms with E-state index in [4.69, 9.17) is 5.11 Å². The minimum atomic E-state index is -0.169. The summed E-state index contributed by atoms with van der Waals surface area (Å²) >= 11 is 0. The van der Waals surface area contributed by atoms with E-state index in [1.165, 1.54) is 0 Å². The first-order valence-electron chi connectivity index (χ1n) is 9.71. The Morgan fingerprint density at radius 2 is 1.93 bits per heavy atom. The molecular weight excluding hydrogens is 380 g/mol. The van der Waals surface area contributed by atoms with Crippen molar-refractivity contribution in [3.63, 3.8) is 0 Å². The number of hydrogen-bond acceptors (Lipinski definition) is 7. The third-order valence-electron chi connectivity index (χ3n) is 4.39. The lowest BCUT2D eigenvalue weighted by molar-refractivity contribution is 0.0810. The van der Waals surface area contributed by atoms with Crippen molar-refractivity contribution >= 4 is 25.0 Å². The number of aliphatic imine (C=N–C) groups is 2. The van der Waals surface area contributed by atoms with E-state index in [0.29, 0.717) is 6.54 Å². The minimum Gasteiger partial charge on any atom is -0.395 e. The van der Waals surface area contributed by atoms with Crippen molar-refractivity contribution in [2.75, 3.05) is 66.9 Å². The highest BCUT2D eigenvalue weighted by Gasteiger charge is 2.27. The zero-order valence-corrected chi connectivity index (χ0v) is 19.5. The fourth-order valence-electron chi connectivity index (χ4n) is 2.75. The highest BCUT2D eigenvalue weighted by atomic mass is 16.3. The number of benzene rings is 1. The predicted molar refractivity (Wildman–Crippen MR) is 128 cm³/mol. The van der Waals surface area contributed by atoms with Gasteiger partial charge in [0.1, 0.15) is 6.17 Å². The predicted octanol–water partition coefficient (Wildman–Crippen LogP) is 1.50. The molecule has 1 amide bonds. The first-order chi connectivity index (χ1) is 14.2. The summed E-state index contributed by atoms with van der Waals surface area (Å²) in [6.45, 7) is 10.2. The van der Waals surface area contributed by atoms with Crippen molar-refractivity contribution < 1.29 is 9.90 Å². The van der Waals surface area contributed by atoms with Crippen molar-refractivity contribution in [2.45, 2.75) is 13.1 Å². The normalized spacial score (nSPS) is 15.4. The van der Waals surface area contributed by atoms with Crippen LogP contribution in [0.25, 0.3) is 0 Å². The third-order valence-corrected chi connectivity index (χ3v) is 4.39. The zero-order valence-electron chi connectivity index (χ0n) is 19.5. The second-order valence-electron chi connectivity index (χ2n) is 7.11. The van der Waals surface area contributed by atoms with Gasteiger partial charge in [-0.1, -0.05) is 12.1 Å². The minimum absolute atomic E-state index is 0.0471. The first-order valence-corrected chi connectivity index (χ1v) is 9.71. The van der Waals surface area contributed by atoms with Crippen LogP contribution >= 0.6 is 0 Å². The lowest BCUT2D eigenvalue weighted by Crippen LogP contribution is -2.31. The summed E-state index contributed by atoms with van der Waals surface area (Å²) in [4.78, 5) is 25.6. The molecule has 168 valence electrons. The van der Waals surface area contributed by atoms with Gasteiger partial charge in [-0.3, -0.25) is 15.1 Å². The number of aliphatic hydroxyl groups is 1. The molecule has 8 nitrogen and oxygen atoms in total. The molecule has 1 aliphatic rings. The van der Waals surface area contributed by atoms with Gasteiger partial charge in [-0.15, -0.1) is 0 Å². The van der Waals surface area contributed by atoms with Crippen molar-refractivity contribution in [3.8, 4) is 0 Å². The van der Waals surface area contributed by atoms with Crippen LogP contribution in [-0.4, -0.2) is 102 Å². The van der Waals surface area contributed by atoms with Crippen LogP contribution in [0.1, 0.15) is 15.9 Å². The van der Waals surface area contributed by atoms with Crippen LogP contribution < -0.4 is 10.2 Å². The molecule has 0 radical (unpaired) electrons. The largest absolute Gasteiger partial charge is 0.395 e. The molecule has 1 aromatic rings. The Kier molecular flexibility index (Phi) is 13.2. The van der Waals surface area contributed by atoms with Gasteiger partial charge >= 0.3 is 0 Å². The highest BCUT2D eigenvalue weighted by Crippen LogP contribution is 2.30. The van der Waals surface area contributed by atoms with E-state index in [9.17, 15) is 4.79 Å². The summed E-state index contributed by atoms with van der Waals surface area (Å²) in [6.07, 6.45) is 1.83. The number of carbonyl (C=O) groups is 1. The number of rotatable bonds is 5. The summed E-state index contributed by atoms with van der Waals surface area (Å²) in [5, 5.41) is 11.3. The smallest absolute Gasteiger partial charge is 0.256 e. The molecule has 0 aromatic heterocycles. The van der Waals surface area contributed by atoms with Gasteiger partial charge in [-0.25, -0.2) is 0 Å². The molecule has 0 fully saturated rings. The molecule has 1 unspecified atom stereocenters. The molecule has 30 heavy (non-hydrogen) atoms. The molecule has 0 spiro atoms. The number of aryl methyl sites for hydroxylation is 1. The average Bonchev–Trinajstić information content (AvgIpc) is 2.78. The molecule has 0 saturated carbocycles. The Balaban J connectivity index is 0.000000791. The van der Waals surface area contributed by atoms with Crippen LogP contribution in [0.3, 0.4) is 0 Å². The number of hydrogen-bond donors (Lipinski definition) is 2. The van der Waals surface area contributed by atoms with Crippen molar-refractivity contribution in [3.05, 3.63) is 41.1 Å². The van der Waals surface area contributed by atoms with Gasteiger partial charge in [-0.2, -0.15) is 0 Å². The van der Waals surface area contributed by atoms with E-state index >= 15 is 0 Å². The number of likely N-dealkylation sites (N-methyl/N-ethyl adjacent to an activating group) is 4. The van der Waals surface area contributed by atoms with Gasteiger partial charge in [0.25, 0.3) is 5.91 Å².